The van der Waals surface area contributed by atoms with Gasteiger partial charge >= 0.3 is 0 Å². The molecule has 0 saturated carbocycles. The molecule has 0 aromatic carbocycles. The average molecular weight is 217 g/mol. The molecule has 5 heteroatoms. The van der Waals surface area contributed by atoms with Crippen LogP contribution in [-0.4, -0.2) is 43.1 Å². The largest absolute Gasteiger partial charge is 0.354 e. The van der Waals surface area contributed by atoms with E-state index in [0.29, 0.717) is 24.1 Å². The second kappa shape index (κ2) is 7.09. The number of carbonyl (C=O) groups excluding carboxylic acids is 1. The summed E-state index contributed by atoms with van der Waals surface area (Å²) in [7, 11) is 0. The maximum Gasteiger partial charge on any atom is 0.230 e. The highest BCUT2D eigenvalue weighted by Crippen LogP contribution is 2.19. The van der Waals surface area contributed by atoms with Crippen molar-refractivity contribution in [1.82, 2.24) is 10.6 Å². The van der Waals surface area contributed by atoms with Crippen molar-refractivity contribution in [2.45, 2.75) is 18.1 Å². The second-order valence-corrected chi connectivity index (χ2v) is 4.69. The molecule has 1 aliphatic rings. The van der Waals surface area contributed by atoms with E-state index in [4.69, 9.17) is 5.73 Å². The third-order valence-electron chi connectivity index (χ3n) is 2.20. The van der Waals surface area contributed by atoms with E-state index >= 15 is 0 Å². The zero-order valence-electron chi connectivity index (χ0n) is 8.42. The van der Waals surface area contributed by atoms with E-state index in [-0.39, 0.29) is 5.91 Å². The standard InChI is InChI=1S/C9H19N3OS/c10-3-6-12-9(13)7-14-8-1-4-11-5-2-8/h8,11H,1-7,10H2,(H,12,13). The van der Waals surface area contributed by atoms with E-state index in [1.165, 1.54) is 12.8 Å². The molecule has 0 spiro atoms. The molecule has 0 bridgehead atoms. The summed E-state index contributed by atoms with van der Waals surface area (Å²) in [4.78, 5) is 11.2. The Balaban J connectivity index is 2.03. The van der Waals surface area contributed by atoms with Gasteiger partial charge in [-0.25, -0.2) is 0 Å². The van der Waals surface area contributed by atoms with Crippen molar-refractivity contribution >= 4 is 17.7 Å². The summed E-state index contributed by atoms with van der Waals surface area (Å²) in [6, 6.07) is 0. The van der Waals surface area contributed by atoms with Crippen molar-refractivity contribution in [2.24, 2.45) is 5.73 Å². The number of amides is 1. The van der Waals surface area contributed by atoms with Crippen LogP contribution in [0.1, 0.15) is 12.8 Å². The van der Waals surface area contributed by atoms with E-state index in [1.807, 2.05) is 0 Å². The van der Waals surface area contributed by atoms with Crippen LogP contribution in [0.15, 0.2) is 0 Å². The van der Waals surface area contributed by atoms with Gasteiger partial charge in [0.1, 0.15) is 0 Å². The number of rotatable bonds is 5. The number of piperidine rings is 1. The molecule has 1 fully saturated rings. The number of thioether (sulfide) groups is 1. The molecule has 1 rings (SSSR count). The summed E-state index contributed by atoms with van der Waals surface area (Å²) >= 11 is 1.76. The molecule has 4 nitrogen and oxygen atoms in total. The van der Waals surface area contributed by atoms with Crippen LogP contribution in [0.25, 0.3) is 0 Å². The monoisotopic (exact) mass is 217 g/mol. The Morgan fingerprint density at radius 3 is 2.86 bits per heavy atom. The van der Waals surface area contributed by atoms with Gasteiger partial charge in [-0.2, -0.15) is 0 Å². The van der Waals surface area contributed by atoms with Crippen LogP contribution in [-0.2, 0) is 4.79 Å². The highest BCUT2D eigenvalue weighted by Gasteiger charge is 2.14. The molecule has 82 valence electrons. The van der Waals surface area contributed by atoms with Gasteiger partial charge in [0.15, 0.2) is 0 Å². The van der Waals surface area contributed by atoms with Crippen LogP contribution in [0.5, 0.6) is 0 Å². The predicted molar refractivity (Wildman–Crippen MR) is 60.4 cm³/mol. The minimum absolute atomic E-state index is 0.110. The van der Waals surface area contributed by atoms with Crippen LogP contribution < -0.4 is 16.4 Å². The van der Waals surface area contributed by atoms with Gasteiger partial charge in [0.2, 0.25) is 5.91 Å². The Labute approximate surface area is 89.4 Å². The Kier molecular flexibility index (Phi) is 5.98. The lowest BCUT2D eigenvalue weighted by Crippen LogP contribution is -2.33. The number of nitrogens with two attached hydrogens (primary N) is 1. The first-order valence-electron chi connectivity index (χ1n) is 5.12. The SMILES string of the molecule is NCCNC(=O)CSC1CCNCC1. The van der Waals surface area contributed by atoms with Crippen molar-refractivity contribution in [3.8, 4) is 0 Å². The minimum Gasteiger partial charge on any atom is -0.354 e. The van der Waals surface area contributed by atoms with Gasteiger partial charge in [0.05, 0.1) is 5.75 Å². The van der Waals surface area contributed by atoms with Crippen molar-refractivity contribution in [2.75, 3.05) is 31.9 Å². The topological polar surface area (TPSA) is 67.1 Å². The first kappa shape index (κ1) is 11.8. The summed E-state index contributed by atoms with van der Waals surface area (Å²) < 4.78 is 0. The third-order valence-corrected chi connectivity index (χ3v) is 3.57. The van der Waals surface area contributed by atoms with Gasteiger partial charge in [-0.3, -0.25) is 4.79 Å². The Bertz CT molecular complexity index is 171. The van der Waals surface area contributed by atoms with Crippen molar-refractivity contribution in [1.29, 1.82) is 0 Å². The molecule has 1 heterocycles. The lowest BCUT2D eigenvalue weighted by atomic mass is 10.2. The predicted octanol–water partition coefficient (Wildman–Crippen LogP) is -0.453. The minimum atomic E-state index is 0.110. The number of carbonyl (C=O) groups is 1. The zero-order valence-corrected chi connectivity index (χ0v) is 9.24. The van der Waals surface area contributed by atoms with E-state index in [1.54, 1.807) is 11.8 Å². The lowest BCUT2D eigenvalue weighted by Gasteiger charge is -2.21. The Morgan fingerprint density at radius 1 is 1.50 bits per heavy atom. The highest BCUT2D eigenvalue weighted by molar-refractivity contribution is 8.00. The number of hydrogen-bond donors (Lipinski definition) is 3. The number of nitrogens with one attached hydrogen (secondary N) is 2. The Hall–Kier alpha value is -0.260. The molecule has 4 N–H and O–H groups in total. The van der Waals surface area contributed by atoms with Crippen molar-refractivity contribution in [3.05, 3.63) is 0 Å². The summed E-state index contributed by atoms with van der Waals surface area (Å²) in [5.41, 5.74) is 5.29. The fourth-order valence-corrected chi connectivity index (χ4v) is 2.48. The first-order valence-corrected chi connectivity index (χ1v) is 6.17. The van der Waals surface area contributed by atoms with E-state index < -0.39 is 0 Å². The van der Waals surface area contributed by atoms with Crippen LogP contribution in [0.2, 0.25) is 0 Å². The first-order chi connectivity index (χ1) is 6.83. The molecular weight excluding hydrogens is 198 g/mol. The third kappa shape index (κ3) is 4.83. The maximum atomic E-state index is 11.2. The summed E-state index contributed by atoms with van der Waals surface area (Å²) in [5, 5.41) is 6.73. The lowest BCUT2D eigenvalue weighted by molar-refractivity contribution is -0.118. The van der Waals surface area contributed by atoms with E-state index in [9.17, 15) is 4.79 Å². The average Bonchev–Trinajstić information content (AvgIpc) is 2.25. The van der Waals surface area contributed by atoms with Gasteiger partial charge in [-0.1, -0.05) is 0 Å². The molecular formula is C9H19N3OS. The number of hydrogen-bond acceptors (Lipinski definition) is 4. The zero-order chi connectivity index (χ0) is 10.2. The van der Waals surface area contributed by atoms with Gasteiger partial charge in [0.25, 0.3) is 0 Å². The molecule has 1 saturated heterocycles. The fraction of sp³-hybridized carbons (Fsp3) is 0.889. The van der Waals surface area contributed by atoms with Crippen LogP contribution in [0.4, 0.5) is 0 Å². The molecule has 0 aliphatic carbocycles. The van der Waals surface area contributed by atoms with Crippen LogP contribution in [0, 0.1) is 0 Å². The molecule has 0 atom stereocenters. The van der Waals surface area contributed by atoms with E-state index in [0.717, 1.165) is 13.1 Å². The summed E-state index contributed by atoms with van der Waals surface area (Å²) in [5.74, 6) is 0.684. The normalized spacial score (nSPS) is 18.1. The van der Waals surface area contributed by atoms with Crippen LogP contribution >= 0.6 is 11.8 Å². The molecule has 0 aromatic heterocycles. The van der Waals surface area contributed by atoms with Crippen molar-refractivity contribution in [3.63, 3.8) is 0 Å². The van der Waals surface area contributed by atoms with E-state index in [2.05, 4.69) is 10.6 Å². The molecule has 0 radical (unpaired) electrons. The molecule has 1 aliphatic heterocycles. The van der Waals surface area contributed by atoms with Crippen LogP contribution in [0.3, 0.4) is 0 Å². The smallest absolute Gasteiger partial charge is 0.230 e. The van der Waals surface area contributed by atoms with Gasteiger partial charge in [0, 0.05) is 18.3 Å². The highest BCUT2D eigenvalue weighted by atomic mass is 32.2. The van der Waals surface area contributed by atoms with Crippen molar-refractivity contribution < 1.29 is 4.79 Å². The molecule has 0 unspecified atom stereocenters. The summed E-state index contributed by atoms with van der Waals surface area (Å²) in [6.45, 7) is 3.28. The quantitative estimate of drug-likeness (QED) is 0.583. The fourth-order valence-electron chi connectivity index (χ4n) is 1.42. The Morgan fingerprint density at radius 2 is 2.21 bits per heavy atom. The van der Waals surface area contributed by atoms with Gasteiger partial charge < -0.3 is 16.4 Å². The second-order valence-electron chi connectivity index (χ2n) is 3.40. The maximum absolute atomic E-state index is 11.2. The molecule has 0 aromatic rings. The summed E-state index contributed by atoms with van der Waals surface area (Å²) in [6.07, 6.45) is 2.35. The molecule has 14 heavy (non-hydrogen) atoms. The molecule has 1 amide bonds. The van der Waals surface area contributed by atoms with Gasteiger partial charge in [-0.05, 0) is 25.9 Å². The van der Waals surface area contributed by atoms with Gasteiger partial charge in [-0.15, -0.1) is 11.8 Å².